The molecule has 2 aromatic rings. The second-order valence-corrected chi connectivity index (χ2v) is 4.22. The topological polar surface area (TPSA) is 39.1 Å². The summed E-state index contributed by atoms with van der Waals surface area (Å²) in [5.74, 6) is 1.81. The molecule has 0 spiro atoms. The Balaban J connectivity index is 1.92. The van der Waals surface area contributed by atoms with Crippen LogP contribution in [-0.4, -0.2) is 16.4 Å². The minimum Gasteiger partial charge on any atom is -0.494 e. The molecule has 0 amide bonds. The standard InChI is InChI=1S/C14H19N3O/c1-3-9-18-13-6-4-5-12(10-13)11-15-14-7-8-17(2)16-14/h4-8,10H,3,9,11H2,1-2H3,(H,15,16). The summed E-state index contributed by atoms with van der Waals surface area (Å²) in [6.07, 6.45) is 2.94. The first-order chi connectivity index (χ1) is 8.78. The van der Waals surface area contributed by atoms with Gasteiger partial charge in [0.15, 0.2) is 0 Å². The van der Waals surface area contributed by atoms with Crippen LogP contribution in [-0.2, 0) is 13.6 Å². The van der Waals surface area contributed by atoms with Gasteiger partial charge in [0.1, 0.15) is 11.6 Å². The molecule has 1 aromatic heterocycles. The van der Waals surface area contributed by atoms with E-state index < -0.39 is 0 Å². The van der Waals surface area contributed by atoms with Gasteiger partial charge in [-0.05, 0) is 24.1 Å². The predicted octanol–water partition coefficient (Wildman–Crippen LogP) is 2.82. The van der Waals surface area contributed by atoms with Crippen LogP contribution in [0.2, 0.25) is 0 Å². The number of aryl methyl sites for hydroxylation is 1. The van der Waals surface area contributed by atoms with E-state index in [0.29, 0.717) is 0 Å². The van der Waals surface area contributed by atoms with Gasteiger partial charge < -0.3 is 10.1 Å². The molecule has 0 atom stereocenters. The van der Waals surface area contributed by atoms with Crippen LogP contribution < -0.4 is 10.1 Å². The van der Waals surface area contributed by atoms with E-state index in [1.165, 1.54) is 5.56 Å². The Morgan fingerprint density at radius 2 is 2.22 bits per heavy atom. The van der Waals surface area contributed by atoms with Crippen molar-refractivity contribution in [3.05, 3.63) is 42.1 Å². The zero-order valence-corrected chi connectivity index (χ0v) is 10.9. The average molecular weight is 245 g/mol. The number of rotatable bonds is 6. The van der Waals surface area contributed by atoms with Gasteiger partial charge in [-0.15, -0.1) is 0 Å². The van der Waals surface area contributed by atoms with E-state index in [-0.39, 0.29) is 0 Å². The van der Waals surface area contributed by atoms with E-state index >= 15 is 0 Å². The third-order valence-electron chi connectivity index (χ3n) is 2.56. The lowest BCUT2D eigenvalue weighted by atomic mass is 10.2. The number of anilines is 1. The lowest BCUT2D eigenvalue weighted by molar-refractivity contribution is 0.317. The summed E-state index contributed by atoms with van der Waals surface area (Å²) in [6, 6.07) is 10.1. The van der Waals surface area contributed by atoms with E-state index in [0.717, 1.165) is 31.1 Å². The molecule has 96 valence electrons. The number of nitrogens with zero attached hydrogens (tertiary/aromatic N) is 2. The Kier molecular flexibility index (Phi) is 4.23. The second-order valence-electron chi connectivity index (χ2n) is 4.22. The van der Waals surface area contributed by atoms with Crippen molar-refractivity contribution in [3.8, 4) is 5.75 Å². The largest absolute Gasteiger partial charge is 0.494 e. The van der Waals surface area contributed by atoms with Crippen LogP contribution in [0, 0.1) is 0 Å². The first-order valence-corrected chi connectivity index (χ1v) is 6.23. The minimum atomic E-state index is 0.750. The van der Waals surface area contributed by atoms with Crippen molar-refractivity contribution >= 4 is 5.82 Å². The molecule has 4 nitrogen and oxygen atoms in total. The average Bonchev–Trinajstić information content (AvgIpc) is 2.80. The highest BCUT2D eigenvalue weighted by Crippen LogP contribution is 2.14. The van der Waals surface area contributed by atoms with Crippen molar-refractivity contribution < 1.29 is 4.74 Å². The van der Waals surface area contributed by atoms with Crippen LogP contribution in [0.4, 0.5) is 5.82 Å². The molecule has 0 aliphatic heterocycles. The van der Waals surface area contributed by atoms with Crippen molar-refractivity contribution in [2.75, 3.05) is 11.9 Å². The fourth-order valence-corrected chi connectivity index (χ4v) is 1.67. The number of aromatic nitrogens is 2. The van der Waals surface area contributed by atoms with E-state index in [1.54, 1.807) is 4.68 Å². The van der Waals surface area contributed by atoms with Gasteiger partial charge in [0, 0.05) is 25.9 Å². The van der Waals surface area contributed by atoms with Crippen LogP contribution in [0.15, 0.2) is 36.5 Å². The third-order valence-corrected chi connectivity index (χ3v) is 2.56. The molecule has 1 aromatic carbocycles. The smallest absolute Gasteiger partial charge is 0.148 e. The van der Waals surface area contributed by atoms with Crippen LogP contribution in [0.1, 0.15) is 18.9 Å². The van der Waals surface area contributed by atoms with Gasteiger partial charge in [-0.25, -0.2) is 0 Å². The Hall–Kier alpha value is -1.97. The molecule has 0 aliphatic carbocycles. The first-order valence-electron chi connectivity index (χ1n) is 6.23. The lowest BCUT2D eigenvalue weighted by Gasteiger charge is -2.07. The van der Waals surface area contributed by atoms with Crippen molar-refractivity contribution in [1.82, 2.24) is 9.78 Å². The van der Waals surface area contributed by atoms with Gasteiger partial charge in [0.2, 0.25) is 0 Å². The zero-order chi connectivity index (χ0) is 12.8. The molecule has 0 unspecified atom stereocenters. The SMILES string of the molecule is CCCOc1cccc(CNc2ccn(C)n2)c1. The van der Waals surface area contributed by atoms with Crippen LogP contribution in [0.3, 0.4) is 0 Å². The molecule has 0 saturated carbocycles. The molecule has 0 saturated heterocycles. The molecule has 1 N–H and O–H groups in total. The van der Waals surface area contributed by atoms with Crippen molar-refractivity contribution in [1.29, 1.82) is 0 Å². The summed E-state index contributed by atoms with van der Waals surface area (Å²) in [5, 5.41) is 7.55. The maximum absolute atomic E-state index is 5.60. The number of ether oxygens (including phenoxy) is 1. The fourth-order valence-electron chi connectivity index (χ4n) is 1.67. The van der Waals surface area contributed by atoms with Gasteiger partial charge in [-0.1, -0.05) is 19.1 Å². The molecule has 0 radical (unpaired) electrons. The normalized spacial score (nSPS) is 10.3. The summed E-state index contributed by atoms with van der Waals surface area (Å²) < 4.78 is 7.39. The molecule has 0 fully saturated rings. The summed E-state index contributed by atoms with van der Waals surface area (Å²) in [6.45, 7) is 3.62. The van der Waals surface area contributed by atoms with Gasteiger partial charge in [0.25, 0.3) is 0 Å². The highest BCUT2D eigenvalue weighted by molar-refractivity contribution is 5.36. The molecular weight excluding hydrogens is 226 g/mol. The maximum atomic E-state index is 5.60. The Bertz CT molecular complexity index is 493. The van der Waals surface area contributed by atoms with Crippen molar-refractivity contribution in [3.63, 3.8) is 0 Å². The molecule has 1 heterocycles. The van der Waals surface area contributed by atoms with Gasteiger partial charge in [0.05, 0.1) is 6.61 Å². The molecule has 0 aliphatic rings. The molecular formula is C14H19N3O. The lowest BCUT2D eigenvalue weighted by Crippen LogP contribution is -2.01. The molecule has 18 heavy (non-hydrogen) atoms. The Morgan fingerprint density at radius 3 is 2.94 bits per heavy atom. The van der Waals surface area contributed by atoms with Crippen molar-refractivity contribution in [2.24, 2.45) is 7.05 Å². The highest BCUT2D eigenvalue weighted by Gasteiger charge is 1.99. The number of nitrogens with one attached hydrogen (secondary N) is 1. The van der Waals surface area contributed by atoms with E-state index in [4.69, 9.17) is 4.74 Å². The number of hydrogen-bond acceptors (Lipinski definition) is 3. The highest BCUT2D eigenvalue weighted by atomic mass is 16.5. The molecule has 2 rings (SSSR count). The number of benzene rings is 1. The Labute approximate surface area is 108 Å². The zero-order valence-electron chi connectivity index (χ0n) is 10.9. The first kappa shape index (κ1) is 12.5. The van der Waals surface area contributed by atoms with E-state index in [1.807, 2.05) is 31.4 Å². The summed E-state index contributed by atoms with van der Waals surface area (Å²) >= 11 is 0. The van der Waals surface area contributed by atoms with Crippen LogP contribution >= 0.6 is 0 Å². The van der Waals surface area contributed by atoms with E-state index in [9.17, 15) is 0 Å². The second kappa shape index (κ2) is 6.10. The maximum Gasteiger partial charge on any atom is 0.148 e. The van der Waals surface area contributed by atoms with Crippen LogP contribution in [0.25, 0.3) is 0 Å². The molecule has 4 heteroatoms. The Morgan fingerprint density at radius 1 is 1.33 bits per heavy atom. The van der Waals surface area contributed by atoms with Gasteiger partial charge in [-0.2, -0.15) is 5.10 Å². The summed E-state index contributed by atoms with van der Waals surface area (Å²) in [7, 11) is 1.91. The van der Waals surface area contributed by atoms with Crippen LogP contribution in [0.5, 0.6) is 5.75 Å². The summed E-state index contributed by atoms with van der Waals surface area (Å²) in [4.78, 5) is 0. The predicted molar refractivity (Wildman–Crippen MR) is 72.8 cm³/mol. The molecule has 0 bridgehead atoms. The fraction of sp³-hybridized carbons (Fsp3) is 0.357. The van der Waals surface area contributed by atoms with E-state index in [2.05, 4.69) is 29.5 Å². The van der Waals surface area contributed by atoms with Crippen molar-refractivity contribution in [2.45, 2.75) is 19.9 Å². The minimum absolute atomic E-state index is 0.750. The van der Waals surface area contributed by atoms with Gasteiger partial charge >= 0.3 is 0 Å². The quantitative estimate of drug-likeness (QED) is 0.850. The third kappa shape index (κ3) is 3.52. The monoisotopic (exact) mass is 245 g/mol. The number of hydrogen-bond donors (Lipinski definition) is 1. The van der Waals surface area contributed by atoms with Gasteiger partial charge in [-0.3, -0.25) is 4.68 Å². The summed E-state index contributed by atoms with van der Waals surface area (Å²) in [5.41, 5.74) is 1.19.